The molecule has 0 aliphatic heterocycles. The lowest BCUT2D eigenvalue weighted by Gasteiger charge is -2.17. The number of thiophene rings is 1. The topological polar surface area (TPSA) is 29.1 Å². The van der Waals surface area contributed by atoms with Crippen molar-refractivity contribution in [1.82, 2.24) is 5.32 Å². The maximum atomic E-state index is 12.2. The molecule has 3 heteroatoms. The Bertz CT molecular complexity index is 453. The third kappa shape index (κ3) is 2.33. The van der Waals surface area contributed by atoms with Gasteiger partial charge in [-0.1, -0.05) is 13.3 Å². The number of hydrogen-bond acceptors (Lipinski definition) is 2. The van der Waals surface area contributed by atoms with E-state index in [1.807, 2.05) is 11.3 Å². The molecule has 1 amide bonds. The molecule has 1 heterocycles. The number of amides is 1. The zero-order chi connectivity index (χ0) is 12.7. The number of nitrogens with one attached hydrogen (secondary N) is 1. The van der Waals surface area contributed by atoms with Crippen molar-refractivity contribution in [3.63, 3.8) is 0 Å². The zero-order valence-corrected chi connectivity index (χ0v) is 11.9. The molecule has 2 nitrogen and oxygen atoms in total. The number of carbonyl (C=O) groups excluding carboxylic acids is 1. The molecule has 0 saturated heterocycles. The molecule has 2 fully saturated rings. The van der Waals surface area contributed by atoms with Gasteiger partial charge in [-0.3, -0.25) is 4.79 Å². The number of rotatable bonds is 3. The Morgan fingerprint density at radius 1 is 1.39 bits per heavy atom. The van der Waals surface area contributed by atoms with Crippen LogP contribution in [0.4, 0.5) is 0 Å². The fourth-order valence-corrected chi connectivity index (χ4v) is 4.16. The van der Waals surface area contributed by atoms with Crippen LogP contribution in [-0.4, -0.2) is 11.9 Å². The van der Waals surface area contributed by atoms with Crippen LogP contribution in [-0.2, 0) is 4.79 Å². The summed E-state index contributed by atoms with van der Waals surface area (Å²) in [6.45, 7) is 4.39. The van der Waals surface area contributed by atoms with Crippen LogP contribution in [0.2, 0.25) is 0 Å². The molecule has 0 radical (unpaired) electrons. The van der Waals surface area contributed by atoms with E-state index in [1.165, 1.54) is 29.0 Å². The Balaban J connectivity index is 1.56. The smallest absolute Gasteiger partial charge is 0.224 e. The molecule has 1 N–H and O–H groups in total. The van der Waals surface area contributed by atoms with Crippen molar-refractivity contribution in [2.24, 2.45) is 11.8 Å². The van der Waals surface area contributed by atoms with Crippen molar-refractivity contribution in [3.8, 4) is 0 Å². The first-order valence-electron chi connectivity index (χ1n) is 7.02. The largest absolute Gasteiger partial charge is 0.353 e. The van der Waals surface area contributed by atoms with Gasteiger partial charge in [0.05, 0.1) is 0 Å². The monoisotopic (exact) mass is 263 g/mol. The molecular weight excluding hydrogens is 242 g/mol. The molecule has 2 aliphatic rings. The minimum absolute atomic E-state index is 0.246. The van der Waals surface area contributed by atoms with Crippen LogP contribution in [0.25, 0.3) is 0 Å². The van der Waals surface area contributed by atoms with Gasteiger partial charge < -0.3 is 5.32 Å². The fourth-order valence-electron chi connectivity index (χ4n) is 3.10. The Kier molecular flexibility index (Phi) is 3.18. The lowest BCUT2D eigenvalue weighted by Crippen LogP contribution is -2.37. The van der Waals surface area contributed by atoms with Crippen molar-refractivity contribution < 1.29 is 4.79 Å². The summed E-state index contributed by atoms with van der Waals surface area (Å²) in [5, 5.41) is 3.26. The highest BCUT2D eigenvalue weighted by atomic mass is 32.1. The fraction of sp³-hybridized carbons (Fsp3) is 0.667. The van der Waals surface area contributed by atoms with E-state index in [2.05, 4.69) is 31.3 Å². The van der Waals surface area contributed by atoms with Crippen LogP contribution in [0.15, 0.2) is 12.1 Å². The molecule has 98 valence electrons. The first kappa shape index (κ1) is 12.2. The van der Waals surface area contributed by atoms with Crippen LogP contribution in [0.5, 0.6) is 0 Å². The molecule has 1 aromatic heterocycles. The number of aryl methyl sites for hydroxylation is 1. The summed E-state index contributed by atoms with van der Waals surface area (Å²) in [6.07, 6.45) is 4.75. The van der Waals surface area contributed by atoms with E-state index >= 15 is 0 Å². The van der Waals surface area contributed by atoms with Gasteiger partial charge in [0.2, 0.25) is 5.91 Å². The van der Waals surface area contributed by atoms with Crippen LogP contribution < -0.4 is 5.32 Å². The summed E-state index contributed by atoms with van der Waals surface area (Å²) < 4.78 is 0. The van der Waals surface area contributed by atoms with Gasteiger partial charge in [-0.2, -0.15) is 0 Å². The van der Waals surface area contributed by atoms with E-state index in [-0.39, 0.29) is 5.92 Å². The third-order valence-electron chi connectivity index (χ3n) is 4.44. The van der Waals surface area contributed by atoms with Crippen molar-refractivity contribution in [1.29, 1.82) is 0 Å². The summed E-state index contributed by atoms with van der Waals surface area (Å²) in [5.74, 6) is 1.70. The van der Waals surface area contributed by atoms with Crippen LogP contribution in [0.3, 0.4) is 0 Å². The summed E-state index contributed by atoms with van der Waals surface area (Å²) in [6, 6.07) is 4.78. The number of hydrogen-bond donors (Lipinski definition) is 1. The minimum atomic E-state index is 0.246. The van der Waals surface area contributed by atoms with Gasteiger partial charge in [0.25, 0.3) is 0 Å². The molecule has 18 heavy (non-hydrogen) atoms. The van der Waals surface area contributed by atoms with E-state index in [1.54, 1.807) is 0 Å². The molecule has 4 atom stereocenters. The second kappa shape index (κ2) is 4.69. The van der Waals surface area contributed by atoms with Crippen LogP contribution >= 0.6 is 11.3 Å². The standard InChI is InChI=1S/C15H21NOS/c1-9-4-3-5-13(9)16-15(17)12-8-11(12)14-7-6-10(2)18-14/h6-7,9,11-13H,3-5,8H2,1-2H3,(H,16,17)/t9-,11+,12-,13-/m0/s1. The predicted molar refractivity (Wildman–Crippen MR) is 74.8 cm³/mol. The summed E-state index contributed by atoms with van der Waals surface area (Å²) in [4.78, 5) is 14.9. The van der Waals surface area contributed by atoms with Gasteiger partial charge in [0.1, 0.15) is 0 Å². The van der Waals surface area contributed by atoms with E-state index in [9.17, 15) is 4.79 Å². The molecule has 0 aromatic carbocycles. The van der Waals surface area contributed by atoms with Crippen LogP contribution in [0, 0.1) is 18.8 Å². The molecule has 2 aliphatic carbocycles. The second-order valence-electron chi connectivity index (χ2n) is 5.92. The minimum Gasteiger partial charge on any atom is -0.353 e. The summed E-state index contributed by atoms with van der Waals surface area (Å²) >= 11 is 1.84. The van der Waals surface area contributed by atoms with Gasteiger partial charge in [-0.25, -0.2) is 0 Å². The van der Waals surface area contributed by atoms with Crippen molar-refractivity contribution >= 4 is 17.2 Å². The average Bonchev–Trinajstić information content (AvgIpc) is 2.88. The highest BCUT2D eigenvalue weighted by Gasteiger charge is 2.45. The van der Waals surface area contributed by atoms with E-state index < -0.39 is 0 Å². The summed E-state index contributed by atoms with van der Waals surface area (Å²) in [5.41, 5.74) is 0. The van der Waals surface area contributed by atoms with E-state index in [0.29, 0.717) is 23.8 Å². The first-order chi connectivity index (χ1) is 8.65. The van der Waals surface area contributed by atoms with Gasteiger partial charge in [0.15, 0.2) is 0 Å². The van der Waals surface area contributed by atoms with Crippen molar-refractivity contribution in [2.75, 3.05) is 0 Å². The Labute approximate surface area is 113 Å². The normalized spacial score (nSPS) is 34.6. The van der Waals surface area contributed by atoms with E-state index in [4.69, 9.17) is 0 Å². The Hall–Kier alpha value is -0.830. The maximum Gasteiger partial charge on any atom is 0.224 e. The molecule has 0 spiro atoms. The Morgan fingerprint density at radius 2 is 2.22 bits per heavy atom. The highest BCUT2D eigenvalue weighted by molar-refractivity contribution is 7.12. The molecule has 2 saturated carbocycles. The lowest BCUT2D eigenvalue weighted by atomic mass is 10.1. The second-order valence-corrected chi connectivity index (χ2v) is 7.24. The van der Waals surface area contributed by atoms with Gasteiger partial charge in [0, 0.05) is 27.6 Å². The van der Waals surface area contributed by atoms with Gasteiger partial charge >= 0.3 is 0 Å². The quantitative estimate of drug-likeness (QED) is 0.889. The first-order valence-corrected chi connectivity index (χ1v) is 7.83. The van der Waals surface area contributed by atoms with E-state index in [0.717, 1.165) is 6.42 Å². The number of carbonyl (C=O) groups is 1. The third-order valence-corrected chi connectivity index (χ3v) is 5.58. The van der Waals surface area contributed by atoms with Crippen molar-refractivity contribution in [2.45, 2.75) is 51.5 Å². The molecule has 0 unspecified atom stereocenters. The van der Waals surface area contributed by atoms with Gasteiger partial charge in [-0.05, 0) is 44.2 Å². The lowest BCUT2D eigenvalue weighted by molar-refractivity contribution is -0.123. The molecular formula is C15H21NOS. The SMILES string of the molecule is Cc1ccc([C@@H]2C[C@@H]2C(=O)N[C@H]2CCC[C@@H]2C)s1. The van der Waals surface area contributed by atoms with Crippen LogP contribution in [0.1, 0.15) is 48.3 Å². The average molecular weight is 263 g/mol. The molecule has 3 rings (SSSR count). The zero-order valence-electron chi connectivity index (χ0n) is 11.1. The van der Waals surface area contributed by atoms with Gasteiger partial charge in [-0.15, -0.1) is 11.3 Å². The Morgan fingerprint density at radius 3 is 2.83 bits per heavy atom. The summed E-state index contributed by atoms with van der Waals surface area (Å²) in [7, 11) is 0. The maximum absolute atomic E-state index is 12.2. The predicted octanol–water partition coefficient (Wildman–Crippen LogP) is 3.46. The van der Waals surface area contributed by atoms with Crippen molar-refractivity contribution in [3.05, 3.63) is 21.9 Å². The molecule has 1 aromatic rings. The highest BCUT2D eigenvalue weighted by Crippen LogP contribution is 2.49. The molecule has 0 bridgehead atoms.